The molecule has 0 aliphatic heterocycles. The highest BCUT2D eigenvalue weighted by Gasteiger charge is 2.04. The molecule has 0 bridgehead atoms. The van der Waals surface area contributed by atoms with Crippen molar-refractivity contribution in [3.63, 3.8) is 0 Å². The van der Waals surface area contributed by atoms with E-state index in [2.05, 4.69) is 10.9 Å². The Balaban J connectivity index is 2.90. The number of Topliss-reactive ketones (excluding diaryl/α,β-unsaturated/α-hetero) is 1. The quantitative estimate of drug-likeness (QED) is 0.612. The number of carbonyl (C=O) groups excluding carboxylic acids is 2. The second-order valence-electron chi connectivity index (χ2n) is 3.06. The summed E-state index contributed by atoms with van der Waals surface area (Å²) in [5.74, 6) is -0.295. The zero-order chi connectivity index (χ0) is 11.4. The first-order valence-electron chi connectivity index (χ1n) is 4.34. The molecule has 4 nitrogen and oxygen atoms in total. The fraction of sp³-hybridized carbons (Fsp3) is 0.200. The lowest BCUT2D eigenvalue weighted by molar-refractivity contribution is -0.118. The number of anilines is 1. The van der Waals surface area contributed by atoms with Gasteiger partial charge in [0.2, 0.25) is 5.91 Å². The Hall–Kier alpha value is -1.55. The number of nitrogens with one attached hydrogen (secondary N) is 2. The van der Waals surface area contributed by atoms with Crippen LogP contribution < -0.4 is 10.9 Å². The number of halogens is 1. The summed E-state index contributed by atoms with van der Waals surface area (Å²) in [7, 11) is 0. The summed E-state index contributed by atoms with van der Waals surface area (Å²) in [6.45, 7) is 2.83. The maximum Gasteiger partial charge on any atom is 0.235 e. The largest absolute Gasteiger partial charge is 0.297 e. The molecule has 0 radical (unpaired) electrons. The standard InChI is InChI=1S/C10H11ClN2O2/c1-6(14)8-3-4-9(11)10(5-8)13-12-7(2)15/h3-5,13H,1-2H3,(H,12,15). The van der Waals surface area contributed by atoms with Gasteiger partial charge >= 0.3 is 0 Å². The lowest BCUT2D eigenvalue weighted by atomic mass is 10.1. The number of rotatable bonds is 3. The van der Waals surface area contributed by atoms with Gasteiger partial charge in [-0.3, -0.25) is 20.4 Å². The smallest absolute Gasteiger partial charge is 0.235 e. The van der Waals surface area contributed by atoms with Crippen molar-refractivity contribution in [3.05, 3.63) is 28.8 Å². The maximum absolute atomic E-state index is 11.1. The molecule has 0 saturated carbocycles. The van der Waals surface area contributed by atoms with Crippen molar-refractivity contribution in [1.29, 1.82) is 0 Å². The third kappa shape index (κ3) is 3.25. The van der Waals surface area contributed by atoms with Gasteiger partial charge in [-0.05, 0) is 25.1 Å². The van der Waals surface area contributed by atoms with Gasteiger partial charge in [-0.1, -0.05) is 11.6 Å². The summed E-state index contributed by atoms with van der Waals surface area (Å²) in [4.78, 5) is 21.8. The molecular formula is C10H11ClN2O2. The topological polar surface area (TPSA) is 58.2 Å². The van der Waals surface area contributed by atoms with Crippen molar-refractivity contribution < 1.29 is 9.59 Å². The molecule has 80 valence electrons. The Bertz CT molecular complexity index is 404. The summed E-state index contributed by atoms with van der Waals surface area (Å²) in [6.07, 6.45) is 0. The number of hydrogen-bond acceptors (Lipinski definition) is 3. The summed E-state index contributed by atoms with van der Waals surface area (Å²) in [5.41, 5.74) is 6.04. The van der Waals surface area contributed by atoms with Crippen LogP contribution in [0.1, 0.15) is 24.2 Å². The van der Waals surface area contributed by atoms with Crippen LogP contribution in [0.5, 0.6) is 0 Å². The molecule has 1 aromatic carbocycles. The van der Waals surface area contributed by atoms with Crippen LogP contribution in [0.3, 0.4) is 0 Å². The molecular weight excluding hydrogens is 216 g/mol. The number of ketones is 1. The van der Waals surface area contributed by atoms with Crippen molar-refractivity contribution in [1.82, 2.24) is 5.43 Å². The number of hydrazine groups is 1. The Kier molecular flexibility index (Phi) is 3.68. The minimum atomic E-state index is -0.237. The van der Waals surface area contributed by atoms with Crippen LogP contribution in [-0.4, -0.2) is 11.7 Å². The molecule has 1 aromatic rings. The first kappa shape index (κ1) is 11.5. The van der Waals surface area contributed by atoms with Gasteiger partial charge in [-0.25, -0.2) is 0 Å². The monoisotopic (exact) mass is 226 g/mol. The maximum atomic E-state index is 11.1. The second kappa shape index (κ2) is 4.79. The third-order valence-electron chi connectivity index (χ3n) is 1.75. The SMILES string of the molecule is CC(=O)NNc1cc(C(C)=O)ccc1Cl. The molecule has 1 rings (SSSR count). The molecule has 15 heavy (non-hydrogen) atoms. The number of amides is 1. The van der Waals surface area contributed by atoms with E-state index in [1.807, 2.05) is 0 Å². The van der Waals surface area contributed by atoms with E-state index in [1.54, 1.807) is 18.2 Å². The van der Waals surface area contributed by atoms with Crippen LogP contribution in [0.15, 0.2) is 18.2 Å². The van der Waals surface area contributed by atoms with E-state index in [0.717, 1.165) is 0 Å². The molecule has 0 saturated heterocycles. The van der Waals surface area contributed by atoms with E-state index in [4.69, 9.17) is 11.6 Å². The number of benzene rings is 1. The van der Waals surface area contributed by atoms with Crippen molar-refractivity contribution in [2.45, 2.75) is 13.8 Å². The van der Waals surface area contributed by atoms with Crippen LogP contribution in [0, 0.1) is 0 Å². The minimum Gasteiger partial charge on any atom is -0.297 e. The molecule has 0 aliphatic rings. The van der Waals surface area contributed by atoms with Crippen molar-refractivity contribution >= 4 is 29.0 Å². The van der Waals surface area contributed by atoms with Gasteiger partial charge in [0.05, 0.1) is 10.7 Å². The average Bonchev–Trinajstić information content (AvgIpc) is 2.16. The molecule has 0 heterocycles. The molecule has 0 aliphatic carbocycles. The molecule has 0 spiro atoms. The fourth-order valence-electron chi connectivity index (χ4n) is 0.995. The van der Waals surface area contributed by atoms with Crippen molar-refractivity contribution in [2.24, 2.45) is 0 Å². The highest BCUT2D eigenvalue weighted by Crippen LogP contribution is 2.22. The molecule has 5 heteroatoms. The van der Waals surface area contributed by atoms with Gasteiger partial charge in [-0.2, -0.15) is 0 Å². The van der Waals surface area contributed by atoms with Crippen LogP contribution in [0.4, 0.5) is 5.69 Å². The van der Waals surface area contributed by atoms with E-state index in [-0.39, 0.29) is 11.7 Å². The van der Waals surface area contributed by atoms with E-state index in [9.17, 15) is 9.59 Å². The van der Waals surface area contributed by atoms with Crippen LogP contribution >= 0.6 is 11.6 Å². The normalized spacial score (nSPS) is 9.53. The predicted molar refractivity (Wildman–Crippen MR) is 58.9 cm³/mol. The number of hydrogen-bond donors (Lipinski definition) is 2. The lowest BCUT2D eigenvalue weighted by Gasteiger charge is -2.09. The molecule has 0 aromatic heterocycles. The zero-order valence-electron chi connectivity index (χ0n) is 8.43. The minimum absolute atomic E-state index is 0.0578. The van der Waals surface area contributed by atoms with Gasteiger partial charge in [-0.15, -0.1) is 0 Å². The van der Waals surface area contributed by atoms with Crippen LogP contribution in [0.2, 0.25) is 5.02 Å². The summed E-state index contributed by atoms with van der Waals surface area (Å²) in [6, 6.07) is 4.81. The summed E-state index contributed by atoms with van der Waals surface area (Å²) >= 11 is 5.86. The average molecular weight is 227 g/mol. The first-order valence-corrected chi connectivity index (χ1v) is 4.71. The lowest BCUT2D eigenvalue weighted by Crippen LogP contribution is -2.26. The third-order valence-corrected chi connectivity index (χ3v) is 2.08. The van der Waals surface area contributed by atoms with Gasteiger partial charge in [0, 0.05) is 12.5 Å². The van der Waals surface area contributed by atoms with Crippen molar-refractivity contribution in [2.75, 3.05) is 5.43 Å². The molecule has 1 amide bonds. The second-order valence-corrected chi connectivity index (χ2v) is 3.46. The van der Waals surface area contributed by atoms with Gasteiger partial charge < -0.3 is 0 Å². The highest BCUT2D eigenvalue weighted by atomic mass is 35.5. The van der Waals surface area contributed by atoms with Gasteiger partial charge in [0.15, 0.2) is 5.78 Å². The van der Waals surface area contributed by atoms with Crippen LogP contribution in [-0.2, 0) is 4.79 Å². The molecule has 0 atom stereocenters. The Morgan fingerprint density at radius 3 is 2.47 bits per heavy atom. The Labute approximate surface area is 92.6 Å². The first-order chi connectivity index (χ1) is 7.00. The zero-order valence-corrected chi connectivity index (χ0v) is 9.18. The highest BCUT2D eigenvalue weighted by molar-refractivity contribution is 6.33. The molecule has 0 unspecified atom stereocenters. The van der Waals surface area contributed by atoms with E-state index < -0.39 is 0 Å². The number of carbonyl (C=O) groups is 2. The van der Waals surface area contributed by atoms with E-state index in [1.165, 1.54) is 13.8 Å². The van der Waals surface area contributed by atoms with Gasteiger partial charge in [0.1, 0.15) is 0 Å². The molecule has 2 N–H and O–H groups in total. The summed E-state index contributed by atoms with van der Waals surface area (Å²) in [5, 5.41) is 0.439. The van der Waals surface area contributed by atoms with Gasteiger partial charge in [0.25, 0.3) is 0 Å². The predicted octanol–water partition coefficient (Wildman–Crippen LogP) is 2.01. The van der Waals surface area contributed by atoms with E-state index >= 15 is 0 Å². The molecule has 0 fully saturated rings. The van der Waals surface area contributed by atoms with Crippen molar-refractivity contribution in [3.8, 4) is 0 Å². The summed E-state index contributed by atoms with van der Waals surface area (Å²) < 4.78 is 0. The van der Waals surface area contributed by atoms with Crippen LogP contribution in [0.25, 0.3) is 0 Å². The Morgan fingerprint density at radius 2 is 1.93 bits per heavy atom. The van der Waals surface area contributed by atoms with E-state index in [0.29, 0.717) is 16.3 Å². The fourth-order valence-corrected chi connectivity index (χ4v) is 1.16. The Morgan fingerprint density at radius 1 is 1.27 bits per heavy atom.